The van der Waals surface area contributed by atoms with Crippen LogP contribution in [0.15, 0.2) is 42.5 Å². The van der Waals surface area contributed by atoms with E-state index in [0.717, 1.165) is 0 Å². The van der Waals surface area contributed by atoms with Crippen molar-refractivity contribution in [3.05, 3.63) is 59.2 Å². The van der Waals surface area contributed by atoms with Crippen molar-refractivity contribution < 1.29 is 0 Å². The molecule has 2 aliphatic carbocycles. The lowest BCUT2D eigenvalue weighted by Gasteiger charge is -2.33. The van der Waals surface area contributed by atoms with Gasteiger partial charge in [-0.15, -0.1) is 0 Å². The molecular weight excluding hydrogens is 230 g/mol. The average molecular weight is 249 g/mol. The van der Waals surface area contributed by atoms with Gasteiger partial charge in [0.15, 0.2) is 0 Å². The van der Waals surface area contributed by atoms with E-state index in [1.807, 2.05) is 0 Å². The Kier molecular flexibility index (Phi) is 2.33. The molecule has 0 radical (unpaired) electrons. The maximum atomic E-state index is 2.39. The minimum absolute atomic E-state index is 0.614. The fourth-order valence-electron chi connectivity index (χ4n) is 3.89. The van der Waals surface area contributed by atoms with Crippen LogP contribution in [-0.2, 0) is 6.42 Å². The molecule has 0 fully saturated rings. The molecule has 2 atom stereocenters. The van der Waals surface area contributed by atoms with Crippen molar-refractivity contribution in [1.82, 2.24) is 4.90 Å². The molecule has 4 rings (SSSR count). The zero-order chi connectivity index (χ0) is 13.0. The van der Waals surface area contributed by atoms with Crippen LogP contribution in [0.25, 0.3) is 11.1 Å². The van der Waals surface area contributed by atoms with Gasteiger partial charge in [0.2, 0.25) is 0 Å². The third-order valence-corrected chi connectivity index (χ3v) is 4.86. The highest BCUT2D eigenvalue weighted by Gasteiger charge is 2.36. The van der Waals surface area contributed by atoms with E-state index < -0.39 is 0 Å². The zero-order valence-corrected chi connectivity index (χ0v) is 11.6. The molecule has 2 aliphatic rings. The van der Waals surface area contributed by atoms with Crippen molar-refractivity contribution in [3.63, 3.8) is 0 Å². The van der Waals surface area contributed by atoms with Crippen molar-refractivity contribution in [3.8, 4) is 11.1 Å². The highest BCUT2D eigenvalue weighted by molar-refractivity contribution is 5.80. The van der Waals surface area contributed by atoms with Crippen LogP contribution < -0.4 is 0 Å². The lowest BCUT2D eigenvalue weighted by Crippen LogP contribution is -2.34. The van der Waals surface area contributed by atoms with Gasteiger partial charge in [0.25, 0.3) is 0 Å². The van der Waals surface area contributed by atoms with Crippen molar-refractivity contribution in [2.75, 3.05) is 14.1 Å². The highest BCUT2D eigenvalue weighted by atomic mass is 15.1. The average Bonchev–Trinajstić information content (AvgIpc) is 2.76. The molecule has 19 heavy (non-hydrogen) atoms. The molecule has 0 aromatic heterocycles. The second kappa shape index (κ2) is 3.94. The topological polar surface area (TPSA) is 3.24 Å². The maximum absolute atomic E-state index is 2.39. The van der Waals surface area contributed by atoms with Gasteiger partial charge >= 0.3 is 0 Å². The van der Waals surface area contributed by atoms with E-state index in [2.05, 4.69) is 61.5 Å². The summed E-state index contributed by atoms with van der Waals surface area (Å²) in [5, 5.41) is 0. The number of benzene rings is 2. The first-order valence-electron chi connectivity index (χ1n) is 7.13. The SMILES string of the molecule is CN(C)C1Cc2cccc3c2C(C1)c1ccccc1-3. The highest BCUT2D eigenvalue weighted by Crippen LogP contribution is 2.51. The van der Waals surface area contributed by atoms with Crippen LogP contribution in [0, 0.1) is 0 Å². The molecule has 0 saturated heterocycles. The number of nitrogens with zero attached hydrogens (tertiary/aromatic N) is 1. The van der Waals surface area contributed by atoms with Crippen LogP contribution in [0.4, 0.5) is 0 Å². The van der Waals surface area contributed by atoms with Crippen molar-refractivity contribution in [2.24, 2.45) is 0 Å². The van der Waals surface area contributed by atoms with E-state index in [1.165, 1.54) is 29.5 Å². The fraction of sp³-hybridized carbons (Fsp3) is 0.333. The first kappa shape index (κ1) is 11.2. The molecule has 0 N–H and O–H groups in total. The minimum atomic E-state index is 0.614. The lowest BCUT2D eigenvalue weighted by atomic mass is 9.79. The Bertz CT molecular complexity index is 642. The monoisotopic (exact) mass is 249 g/mol. The summed E-state index contributed by atoms with van der Waals surface area (Å²) in [7, 11) is 4.42. The van der Waals surface area contributed by atoms with Crippen LogP contribution in [0.1, 0.15) is 29.0 Å². The number of hydrogen-bond donors (Lipinski definition) is 0. The number of rotatable bonds is 1. The van der Waals surface area contributed by atoms with E-state index in [4.69, 9.17) is 0 Å². The molecule has 0 aliphatic heterocycles. The van der Waals surface area contributed by atoms with Gasteiger partial charge < -0.3 is 4.90 Å². The van der Waals surface area contributed by atoms with Gasteiger partial charge in [-0.3, -0.25) is 0 Å². The van der Waals surface area contributed by atoms with Gasteiger partial charge in [-0.25, -0.2) is 0 Å². The molecule has 2 aromatic rings. The molecule has 0 spiro atoms. The summed E-state index contributed by atoms with van der Waals surface area (Å²) in [5.74, 6) is 0.614. The Balaban J connectivity index is 1.94. The Morgan fingerprint density at radius 1 is 0.947 bits per heavy atom. The summed E-state index contributed by atoms with van der Waals surface area (Å²) in [5.41, 5.74) is 7.65. The van der Waals surface area contributed by atoms with Gasteiger partial charge in [-0.05, 0) is 54.8 Å². The standard InChI is InChI=1S/C18H19N/c1-19(2)13-10-12-6-5-9-16-14-7-3-4-8-15(14)17(11-13)18(12)16/h3-9,13,17H,10-11H2,1-2H3. The summed E-state index contributed by atoms with van der Waals surface area (Å²) < 4.78 is 0. The predicted molar refractivity (Wildman–Crippen MR) is 79.5 cm³/mol. The smallest absolute Gasteiger partial charge is 0.0139 e. The van der Waals surface area contributed by atoms with E-state index in [1.54, 1.807) is 11.1 Å². The van der Waals surface area contributed by atoms with E-state index in [9.17, 15) is 0 Å². The van der Waals surface area contributed by atoms with Gasteiger partial charge in [0.05, 0.1) is 0 Å². The third kappa shape index (κ3) is 1.51. The minimum Gasteiger partial charge on any atom is -0.306 e. The van der Waals surface area contributed by atoms with Crippen molar-refractivity contribution >= 4 is 0 Å². The molecule has 0 heterocycles. The van der Waals surface area contributed by atoms with Crippen LogP contribution >= 0.6 is 0 Å². The maximum Gasteiger partial charge on any atom is 0.0139 e. The molecular formula is C18H19N. The van der Waals surface area contributed by atoms with E-state index in [0.29, 0.717) is 12.0 Å². The quantitative estimate of drug-likeness (QED) is 0.745. The molecule has 1 heteroatoms. The first-order valence-corrected chi connectivity index (χ1v) is 7.13. The van der Waals surface area contributed by atoms with Crippen molar-refractivity contribution in [2.45, 2.75) is 24.8 Å². The molecule has 1 nitrogen and oxygen atoms in total. The van der Waals surface area contributed by atoms with Gasteiger partial charge in [-0.2, -0.15) is 0 Å². The summed E-state index contributed by atoms with van der Waals surface area (Å²) in [6.07, 6.45) is 2.45. The largest absolute Gasteiger partial charge is 0.306 e. The molecule has 0 bridgehead atoms. The zero-order valence-electron chi connectivity index (χ0n) is 11.6. The Hall–Kier alpha value is -1.60. The van der Waals surface area contributed by atoms with Crippen molar-refractivity contribution in [1.29, 1.82) is 0 Å². The summed E-state index contributed by atoms with van der Waals surface area (Å²) in [6, 6.07) is 16.5. The van der Waals surface area contributed by atoms with Crippen LogP contribution in [-0.4, -0.2) is 25.0 Å². The molecule has 96 valence electrons. The summed E-state index contributed by atoms with van der Waals surface area (Å²) >= 11 is 0. The molecule has 0 saturated carbocycles. The van der Waals surface area contributed by atoms with Gasteiger partial charge in [0, 0.05) is 12.0 Å². The Morgan fingerprint density at radius 2 is 1.74 bits per heavy atom. The van der Waals surface area contributed by atoms with Gasteiger partial charge in [-0.1, -0.05) is 42.5 Å². The molecule has 2 aromatic carbocycles. The molecule has 2 unspecified atom stereocenters. The Labute approximate surface area is 114 Å². The fourth-order valence-corrected chi connectivity index (χ4v) is 3.89. The second-order valence-corrected chi connectivity index (χ2v) is 6.08. The normalized spacial score (nSPS) is 23.3. The summed E-state index contributed by atoms with van der Waals surface area (Å²) in [6.45, 7) is 0. The predicted octanol–water partition coefficient (Wildman–Crippen LogP) is 3.68. The van der Waals surface area contributed by atoms with Crippen LogP contribution in [0.2, 0.25) is 0 Å². The summed E-state index contributed by atoms with van der Waals surface area (Å²) in [4.78, 5) is 2.39. The van der Waals surface area contributed by atoms with Gasteiger partial charge in [0.1, 0.15) is 0 Å². The third-order valence-electron chi connectivity index (χ3n) is 4.86. The number of likely N-dealkylation sites (N-methyl/N-ethyl adjacent to an activating group) is 1. The molecule has 0 amide bonds. The Morgan fingerprint density at radius 3 is 2.58 bits per heavy atom. The first-order chi connectivity index (χ1) is 9.25. The number of fused-ring (bicyclic) bond motifs is 3. The van der Waals surface area contributed by atoms with E-state index in [-0.39, 0.29) is 0 Å². The lowest BCUT2D eigenvalue weighted by molar-refractivity contribution is 0.259. The van der Waals surface area contributed by atoms with Crippen LogP contribution in [0.5, 0.6) is 0 Å². The van der Waals surface area contributed by atoms with Crippen LogP contribution in [0.3, 0.4) is 0 Å². The van der Waals surface area contributed by atoms with E-state index >= 15 is 0 Å². The second-order valence-electron chi connectivity index (χ2n) is 6.08. The number of hydrogen-bond acceptors (Lipinski definition) is 1.